The van der Waals surface area contributed by atoms with Gasteiger partial charge in [-0.25, -0.2) is 4.39 Å². The molecule has 148 valence electrons. The third-order valence-electron chi connectivity index (χ3n) is 4.18. The molecule has 29 heavy (non-hydrogen) atoms. The van der Waals surface area contributed by atoms with Gasteiger partial charge in [0, 0.05) is 23.0 Å². The van der Waals surface area contributed by atoms with Gasteiger partial charge in [-0.2, -0.15) is 5.26 Å². The lowest BCUT2D eigenvalue weighted by Gasteiger charge is -2.25. The van der Waals surface area contributed by atoms with E-state index in [2.05, 4.69) is 16.7 Å². The van der Waals surface area contributed by atoms with Gasteiger partial charge in [-0.15, -0.1) is 0 Å². The second-order valence-electron chi connectivity index (χ2n) is 6.18. The van der Waals surface area contributed by atoms with Gasteiger partial charge < -0.3 is 10.6 Å². The van der Waals surface area contributed by atoms with Crippen molar-refractivity contribution < 1.29 is 14.0 Å². The molecular weight excluding hydrogens is 436 g/mol. The summed E-state index contributed by atoms with van der Waals surface area (Å²) in [5.41, 5.74) is 1.53. The van der Waals surface area contributed by atoms with Gasteiger partial charge in [0.25, 0.3) is 0 Å². The fourth-order valence-electron chi connectivity index (χ4n) is 2.82. The molecule has 5 nitrogen and oxygen atoms in total. The number of nitrogens with zero attached hydrogens (tertiary/aromatic N) is 1. The van der Waals surface area contributed by atoms with E-state index in [4.69, 9.17) is 23.2 Å². The van der Waals surface area contributed by atoms with Crippen LogP contribution in [0.4, 0.5) is 10.1 Å². The van der Waals surface area contributed by atoms with Crippen LogP contribution >= 0.6 is 35.0 Å². The number of rotatable bonds is 5. The second-order valence-corrected chi connectivity index (χ2v) is 8.01. The highest BCUT2D eigenvalue weighted by atomic mass is 35.5. The zero-order valence-corrected chi connectivity index (χ0v) is 17.2. The SMILES string of the molecule is N#CC1=C(SCC(=O)Nc2ccc(F)c(Cl)c2)NC(=O)C[C@H]1c1ccc(Cl)cc1. The van der Waals surface area contributed by atoms with Gasteiger partial charge in [-0.3, -0.25) is 9.59 Å². The normalized spacial score (nSPS) is 16.2. The summed E-state index contributed by atoms with van der Waals surface area (Å²) in [6.07, 6.45) is 0.134. The number of nitriles is 1. The molecule has 1 aliphatic rings. The predicted octanol–water partition coefficient (Wildman–Crippen LogP) is 4.84. The van der Waals surface area contributed by atoms with Crippen molar-refractivity contribution in [2.24, 2.45) is 0 Å². The molecule has 0 fully saturated rings. The van der Waals surface area contributed by atoms with Crippen molar-refractivity contribution in [3.8, 4) is 6.07 Å². The number of nitrogens with one attached hydrogen (secondary N) is 2. The standard InChI is InChI=1S/C20H14Cl2FN3O2S/c21-12-3-1-11(2-4-12)14-8-18(27)26-20(15(14)9-24)29-10-19(28)25-13-5-6-17(23)16(22)7-13/h1-7,14H,8,10H2,(H,25,28)(H,26,27)/t14-/m0/s1. The summed E-state index contributed by atoms with van der Waals surface area (Å²) in [5.74, 6) is -1.67. The number of carbonyl (C=O) groups excluding carboxylic acids is 2. The van der Waals surface area contributed by atoms with Crippen LogP contribution in [0.1, 0.15) is 17.9 Å². The van der Waals surface area contributed by atoms with Crippen molar-refractivity contribution in [1.82, 2.24) is 5.32 Å². The summed E-state index contributed by atoms with van der Waals surface area (Å²) < 4.78 is 13.2. The van der Waals surface area contributed by atoms with Crippen LogP contribution in [0.5, 0.6) is 0 Å². The molecule has 0 radical (unpaired) electrons. The number of thioether (sulfide) groups is 1. The van der Waals surface area contributed by atoms with E-state index in [0.29, 0.717) is 21.3 Å². The number of benzene rings is 2. The van der Waals surface area contributed by atoms with E-state index >= 15 is 0 Å². The average molecular weight is 450 g/mol. The largest absolute Gasteiger partial charge is 0.325 e. The number of allylic oxidation sites excluding steroid dienone is 1. The number of amides is 2. The Morgan fingerprint density at radius 2 is 2.00 bits per heavy atom. The molecule has 2 N–H and O–H groups in total. The van der Waals surface area contributed by atoms with Gasteiger partial charge in [0.05, 0.1) is 27.4 Å². The summed E-state index contributed by atoms with van der Waals surface area (Å²) in [7, 11) is 0. The summed E-state index contributed by atoms with van der Waals surface area (Å²) in [6, 6.07) is 12.9. The first-order chi connectivity index (χ1) is 13.9. The third kappa shape index (κ3) is 5.30. The van der Waals surface area contributed by atoms with E-state index < -0.39 is 11.7 Å². The molecule has 0 spiro atoms. The van der Waals surface area contributed by atoms with E-state index in [9.17, 15) is 19.2 Å². The number of carbonyl (C=O) groups is 2. The van der Waals surface area contributed by atoms with Crippen LogP contribution in [0, 0.1) is 17.1 Å². The van der Waals surface area contributed by atoms with Gasteiger partial charge in [-0.1, -0.05) is 47.1 Å². The van der Waals surface area contributed by atoms with E-state index in [1.54, 1.807) is 24.3 Å². The van der Waals surface area contributed by atoms with Crippen molar-refractivity contribution in [2.75, 3.05) is 11.1 Å². The highest BCUT2D eigenvalue weighted by Gasteiger charge is 2.29. The fraction of sp³-hybridized carbons (Fsp3) is 0.150. The van der Waals surface area contributed by atoms with Crippen molar-refractivity contribution in [1.29, 1.82) is 5.26 Å². The van der Waals surface area contributed by atoms with Crippen LogP contribution < -0.4 is 10.6 Å². The van der Waals surface area contributed by atoms with Crippen molar-refractivity contribution in [3.05, 3.63) is 74.5 Å². The Morgan fingerprint density at radius 1 is 1.28 bits per heavy atom. The number of anilines is 1. The summed E-state index contributed by atoms with van der Waals surface area (Å²) >= 11 is 12.7. The van der Waals surface area contributed by atoms with Gasteiger partial charge in [0.15, 0.2) is 0 Å². The zero-order valence-electron chi connectivity index (χ0n) is 14.8. The first-order valence-electron chi connectivity index (χ1n) is 8.44. The molecule has 9 heteroatoms. The molecule has 3 rings (SSSR count). The molecule has 1 aliphatic heterocycles. The molecule has 2 aromatic rings. The van der Waals surface area contributed by atoms with Crippen LogP contribution in [0.3, 0.4) is 0 Å². The molecule has 0 saturated carbocycles. The van der Waals surface area contributed by atoms with Crippen LogP contribution in [0.15, 0.2) is 53.1 Å². The summed E-state index contributed by atoms with van der Waals surface area (Å²) in [5, 5.41) is 15.7. The first kappa shape index (κ1) is 21.2. The van der Waals surface area contributed by atoms with Crippen LogP contribution in [-0.2, 0) is 9.59 Å². The lowest BCUT2D eigenvalue weighted by Crippen LogP contribution is -2.31. The average Bonchev–Trinajstić information content (AvgIpc) is 2.69. The minimum Gasteiger partial charge on any atom is -0.325 e. The predicted molar refractivity (Wildman–Crippen MR) is 112 cm³/mol. The Kier molecular flexibility index (Phi) is 6.80. The topological polar surface area (TPSA) is 82.0 Å². The fourth-order valence-corrected chi connectivity index (χ4v) is 4.01. The Labute approximate surface area is 180 Å². The van der Waals surface area contributed by atoms with E-state index in [-0.39, 0.29) is 29.0 Å². The van der Waals surface area contributed by atoms with E-state index in [1.165, 1.54) is 12.1 Å². The molecule has 0 bridgehead atoms. The highest BCUT2D eigenvalue weighted by Crippen LogP contribution is 2.36. The molecule has 0 aromatic heterocycles. The maximum Gasteiger partial charge on any atom is 0.234 e. The van der Waals surface area contributed by atoms with Crippen LogP contribution in [0.25, 0.3) is 0 Å². The molecule has 0 saturated heterocycles. The lowest BCUT2D eigenvalue weighted by molar-refractivity contribution is -0.121. The maximum atomic E-state index is 13.2. The Morgan fingerprint density at radius 3 is 2.66 bits per heavy atom. The van der Waals surface area contributed by atoms with Gasteiger partial charge in [0.1, 0.15) is 5.82 Å². The zero-order chi connectivity index (χ0) is 21.0. The summed E-state index contributed by atoms with van der Waals surface area (Å²) in [4.78, 5) is 24.4. The highest BCUT2D eigenvalue weighted by molar-refractivity contribution is 8.03. The minimum atomic E-state index is -0.582. The number of halogens is 3. The minimum absolute atomic E-state index is 0.0525. The van der Waals surface area contributed by atoms with Crippen molar-refractivity contribution >= 4 is 52.5 Å². The smallest absolute Gasteiger partial charge is 0.234 e. The Hall–Kier alpha value is -2.53. The molecular formula is C20H14Cl2FN3O2S. The molecule has 1 heterocycles. The molecule has 0 unspecified atom stereocenters. The van der Waals surface area contributed by atoms with Gasteiger partial charge in [0.2, 0.25) is 11.8 Å². The molecule has 2 aromatic carbocycles. The first-order valence-corrected chi connectivity index (χ1v) is 10.2. The number of hydrogen-bond donors (Lipinski definition) is 2. The van der Waals surface area contributed by atoms with Crippen LogP contribution in [-0.4, -0.2) is 17.6 Å². The van der Waals surface area contributed by atoms with Crippen molar-refractivity contribution in [3.63, 3.8) is 0 Å². The Balaban J connectivity index is 1.74. The lowest BCUT2D eigenvalue weighted by atomic mass is 9.87. The van der Waals surface area contributed by atoms with Gasteiger partial charge in [-0.05, 0) is 35.9 Å². The summed E-state index contributed by atoms with van der Waals surface area (Å²) in [6.45, 7) is 0. The molecule has 0 aliphatic carbocycles. The monoisotopic (exact) mass is 449 g/mol. The number of hydrogen-bond acceptors (Lipinski definition) is 4. The Bertz CT molecular complexity index is 1040. The third-order valence-corrected chi connectivity index (χ3v) is 5.74. The van der Waals surface area contributed by atoms with E-state index in [0.717, 1.165) is 23.4 Å². The van der Waals surface area contributed by atoms with Crippen LogP contribution in [0.2, 0.25) is 10.0 Å². The molecule has 2 amide bonds. The quantitative estimate of drug-likeness (QED) is 0.683. The van der Waals surface area contributed by atoms with E-state index in [1.807, 2.05) is 0 Å². The second kappa shape index (κ2) is 9.31. The van der Waals surface area contributed by atoms with Gasteiger partial charge >= 0.3 is 0 Å². The maximum absolute atomic E-state index is 13.2. The molecule has 1 atom stereocenters. The van der Waals surface area contributed by atoms with Crippen molar-refractivity contribution in [2.45, 2.75) is 12.3 Å².